The predicted octanol–water partition coefficient (Wildman–Crippen LogP) is 1.63. The number of carbonyl (C=O) groups excluding carboxylic acids is 1. The third-order valence-electron chi connectivity index (χ3n) is 4.46. The number of nitrogens with zero attached hydrogens (tertiary/aromatic N) is 6. The minimum absolute atomic E-state index is 0.0403. The molecule has 0 aromatic carbocycles. The number of aliphatic carboxylic acids is 1. The van der Waals surface area contributed by atoms with Gasteiger partial charge in [-0.05, 0) is 6.92 Å². The molecule has 0 saturated carbocycles. The van der Waals surface area contributed by atoms with Crippen LogP contribution in [0.5, 0.6) is 0 Å². The lowest BCUT2D eigenvalue weighted by Crippen LogP contribution is -2.38. The van der Waals surface area contributed by atoms with Crippen molar-refractivity contribution in [2.75, 3.05) is 32.1 Å². The van der Waals surface area contributed by atoms with Crippen LogP contribution in [0.3, 0.4) is 0 Å². The van der Waals surface area contributed by atoms with Crippen LogP contribution in [-0.4, -0.2) is 74.8 Å². The summed E-state index contributed by atoms with van der Waals surface area (Å²) in [5, 5.41) is 7.12. The molecule has 10 nitrogen and oxygen atoms in total. The molecule has 176 valence electrons. The Morgan fingerprint density at radius 3 is 2.31 bits per heavy atom. The zero-order chi connectivity index (χ0) is 24.1. The van der Waals surface area contributed by atoms with Crippen molar-refractivity contribution in [1.29, 1.82) is 0 Å². The lowest BCUT2D eigenvalue weighted by molar-refractivity contribution is -0.192. The first-order valence-corrected chi connectivity index (χ1v) is 9.28. The second kappa shape index (κ2) is 10.3. The van der Waals surface area contributed by atoms with E-state index in [1.165, 1.54) is 4.90 Å². The number of alkyl halides is 3. The highest BCUT2D eigenvalue weighted by Crippen LogP contribution is 2.28. The van der Waals surface area contributed by atoms with Crippen LogP contribution in [0.15, 0.2) is 18.6 Å². The Labute approximate surface area is 180 Å². The Kier molecular flexibility index (Phi) is 8.08. The summed E-state index contributed by atoms with van der Waals surface area (Å²) in [7, 11) is 3.39. The van der Waals surface area contributed by atoms with Crippen LogP contribution in [-0.2, 0) is 27.5 Å². The first kappa shape index (κ1) is 25.0. The van der Waals surface area contributed by atoms with Crippen molar-refractivity contribution in [2.24, 2.45) is 0 Å². The van der Waals surface area contributed by atoms with Crippen LogP contribution in [0.1, 0.15) is 24.5 Å². The lowest BCUT2D eigenvalue weighted by atomic mass is 10.2. The van der Waals surface area contributed by atoms with Crippen molar-refractivity contribution in [3.05, 3.63) is 35.9 Å². The number of hydrogen-bond acceptors (Lipinski definition) is 7. The van der Waals surface area contributed by atoms with Crippen molar-refractivity contribution in [3.63, 3.8) is 0 Å². The molecule has 0 fully saturated rings. The number of aromatic nitrogens is 4. The van der Waals surface area contributed by atoms with Crippen LogP contribution < -0.4 is 4.90 Å². The van der Waals surface area contributed by atoms with Gasteiger partial charge in [-0.15, -0.1) is 0 Å². The highest BCUT2D eigenvalue weighted by Gasteiger charge is 2.38. The Morgan fingerprint density at radius 1 is 1.19 bits per heavy atom. The van der Waals surface area contributed by atoms with Crippen LogP contribution in [0.2, 0.25) is 0 Å². The topological polar surface area (TPSA) is 114 Å². The summed E-state index contributed by atoms with van der Waals surface area (Å²) in [6.07, 6.45) is -0.991. The SMILES string of the molecule is CC1c2ncc(COCC(=O)N(C)C)n2CCN1c1ncc(F)cn1.O=C(O)C(F)(F)F. The van der Waals surface area contributed by atoms with E-state index in [1.54, 1.807) is 20.3 Å². The number of imidazole rings is 1. The highest BCUT2D eigenvalue weighted by molar-refractivity contribution is 5.76. The highest BCUT2D eigenvalue weighted by atomic mass is 19.4. The van der Waals surface area contributed by atoms with Gasteiger partial charge in [-0.1, -0.05) is 0 Å². The Hall–Kier alpha value is -3.29. The molecule has 1 unspecified atom stereocenters. The fourth-order valence-corrected chi connectivity index (χ4v) is 2.77. The van der Waals surface area contributed by atoms with Crippen molar-refractivity contribution in [2.45, 2.75) is 32.3 Å². The smallest absolute Gasteiger partial charge is 0.475 e. The number of carboxylic acid groups (broad SMARTS) is 1. The number of likely N-dealkylation sites (N-methyl/N-ethyl adjacent to an activating group) is 1. The summed E-state index contributed by atoms with van der Waals surface area (Å²) < 4.78 is 52.3. The third kappa shape index (κ3) is 6.35. The molecule has 2 aromatic heterocycles. The number of carbonyl (C=O) groups is 2. The summed E-state index contributed by atoms with van der Waals surface area (Å²) in [5.41, 5.74) is 0.924. The number of halogens is 4. The molecule has 1 N–H and O–H groups in total. The second-order valence-corrected chi connectivity index (χ2v) is 6.91. The van der Waals surface area contributed by atoms with Gasteiger partial charge in [0.05, 0.1) is 36.9 Å². The third-order valence-corrected chi connectivity index (χ3v) is 4.46. The van der Waals surface area contributed by atoms with Crippen molar-refractivity contribution < 1.29 is 37.0 Å². The van der Waals surface area contributed by atoms with Gasteiger partial charge < -0.3 is 24.2 Å². The van der Waals surface area contributed by atoms with E-state index in [4.69, 9.17) is 14.6 Å². The summed E-state index contributed by atoms with van der Waals surface area (Å²) >= 11 is 0. The van der Waals surface area contributed by atoms with Crippen LogP contribution >= 0.6 is 0 Å². The van der Waals surface area contributed by atoms with Gasteiger partial charge in [0, 0.05) is 27.2 Å². The maximum absolute atomic E-state index is 13.0. The standard InChI is InChI=1S/C16H21FN6O2.C2HF3O2/c1-11-15-18-8-13(9-25-10-14(24)21(2)3)23(15)5-4-22(11)16-19-6-12(17)7-20-16;3-2(4,5)1(6)7/h6-8,11H,4-5,9-10H2,1-3H3;(H,6,7). The van der Waals surface area contributed by atoms with Gasteiger partial charge in [0.25, 0.3) is 0 Å². The molecule has 2 aromatic rings. The Balaban J connectivity index is 0.000000451. The number of anilines is 1. The van der Waals surface area contributed by atoms with E-state index in [0.717, 1.165) is 23.9 Å². The lowest BCUT2D eigenvalue weighted by Gasteiger charge is -2.34. The maximum atomic E-state index is 13.0. The van der Waals surface area contributed by atoms with E-state index in [1.807, 2.05) is 11.8 Å². The van der Waals surface area contributed by atoms with Gasteiger partial charge in [-0.25, -0.2) is 24.1 Å². The molecule has 1 aliphatic heterocycles. The first-order chi connectivity index (χ1) is 14.9. The average Bonchev–Trinajstić information content (AvgIpc) is 3.12. The molecule has 1 amide bonds. The molecule has 3 heterocycles. The average molecular weight is 462 g/mol. The van der Waals surface area contributed by atoms with Crippen LogP contribution in [0.4, 0.5) is 23.5 Å². The number of carboxylic acids is 1. The van der Waals surface area contributed by atoms with Crippen molar-refractivity contribution >= 4 is 17.8 Å². The van der Waals surface area contributed by atoms with E-state index in [-0.39, 0.29) is 18.6 Å². The number of rotatable bonds is 5. The van der Waals surface area contributed by atoms with E-state index in [9.17, 15) is 22.4 Å². The summed E-state index contributed by atoms with van der Waals surface area (Å²) in [6, 6.07) is -0.0450. The maximum Gasteiger partial charge on any atom is 0.490 e. The Bertz CT molecular complexity index is 933. The summed E-state index contributed by atoms with van der Waals surface area (Å²) in [4.78, 5) is 36.5. The van der Waals surface area contributed by atoms with Gasteiger partial charge in [0.1, 0.15) is 12.4 Å². The van der Waals surface area contributed by atoms with Gasteiger partial charge >= 0.3 is 12.1 Å². The molecule has 0 saturated heterocycles. The molecular formula is C18H22F4N6O4. The number of fused-ring (bicyclic) bond motifs is 1. The van der Waals surface area contributed by atoms with E-state index in [0.29, 0.717) is 25.6 Å². The Morgan fingerprint density at radius 2 is 1.78 bits per heavy atom. The molecule has 0 spiro atoms. The fraction of sp³-hybridized carbons (Fsp3) is 0.500. The first-order valence-electron chi connectivity index (χ1n) is 9.28. The second-order valence-electron chi connectivity index (χ2n) is 6.91. The predicted molar refractivity (Wildman–Crippen MR) is 102 cm³/mol. The molecule has 1 aliphatic rings. The zero-order valence-corrected chi connectivity index (χ0v) is 17.5. The van der Waals surface area contributed by atoms with Crippen molar-refractivity contribution in [3.8, 4) is 0 Å². The molecular weight excluding hydrogens is 440 g/mol. The minimum atomic E-state index is -5.08. The van der Waals surface area contributed by atoms with E-state index < -0.39 is 18.0 Å². The van der Waals surface area contributed by atoms with Gasteiger partial charge in [0.15, 0.2) is 5.82 Å². The fourth-order valence-electron chi connectivity index (χ4n) is 2.77. The van der Waals surface area contributed by atoms with Crippen LogP contribution in [0, 0.1) is 5.82 Å². The molecule has 3 rings (SSSR count). The number of amides is 1. The molecule has 0 bridgehead atoms. The van der Waals surface area contributed by atoms with E-state index >= 15 is 0 Å². The monoisotopic (exact) mass is 462 g/mol. The summed E-state index contributed by atoms with van der Waals surface area (Å²) in [5.74, 6) is -1.94. The molecule has 32 heavy (non-hydrogen) atoms. The largest absolute Gasteiger partial charge is 0.490 e. The number of hydrogen-bond donors (Lipinski definition) is 1. The molecule has 1 atom stereocenters. The summed E-state index contributed by atoms with van der Waals surface area (Å²) in [6.45, 7) is 3.75. The molecule has 0 aliphatic carbocycles. The minimum Gasteiger partial charge on any atom is -0.475 e. The quantitative estimate of drug-likeness (QED) is 0.668. The van der Waals surface area contributed by atoms with Crippen molar-refractivity contribution in [1.82, 2.24) is 24.4 Å². The van der Waals surface area contributed by atoms with Gasteiger partial charge in [-0.3, -0.25) is 4.79 Å². The van der Waals surface area contributed by atoms with Gasteiger partial charge in [-0.2, -0.15) is 13.2 Å². The normalized spacial score (nSPS) is 15.5. The zero-order valence-electron chi connectivity index (χ0n) is 17.5. The van der Waals surface area contributed by atoms with Crippen LogP contribution in [0.25, 0.3) is 0 Å². The van der Waals surface area contributed by atoms with E-state index in [2.05, 4.69) is 19.5 Å². The molecule has 0 radical (unpaired) electrons. The number of ether oxygens (including phenoxy) is 1. The molecule has 14 heteroatoms. The van der Waals surface area contributed by atoms with Gasteiger partial charge in [0.2, 0.25) is 11.9 Å².